The Morgan fingerprint density at radius 2 is 1.87 bits per heavy atom. The van der Waals surface area contributed by atoms with E-state index in [4.69, 9.17) is 14.7 Å². The first kappa shape index (κ1) is 31.9. The maximum Gasteiger partial charge on any atom is 0.319 e. The highest BCUT2D eigenvalue weighted by molar-refractivity contribution is 7.90. The molecule has 0 aliphatic carbocycles. The number of amides is 2. The van der Waals surface area contributed by atoms with Crippen molar-refractivity contribution in [2.24, 2.45) is 11.3 Å². The molecule has 0 radical (unpaired) electrons. The minimum atomic E-state index is -4.10. The fraction of sp³-hybridized carbons (Fsp3) is 0.344. The number of hydrogen-bond acceptors (Lipinski definition) is 7. The Morgan fingerprint density at radius 3 is 2.47 bits per heavy atom. The molecule has 0 saturated carbocycles. The number of nitrogens with zero attached hydrogens (tertiary/aromatic N) is 3. The van der Waals surface area contributed by atoms with E-state index in [1.807, 2.05) is 20.8 Å². The summed E-state index contributed by atoms with van der Waals surface area (Å²) in [6, 6.07) is 11.0. The number of carbonyl (C=O) groups is 1. The maximum absolute atomic E-state index is 15.3. The van der Waals surface area contributed by atoms with E-state index in [9.17, 15) is 13.2 Å². The molecule has 1 fully saturated rings. The van der Waals surface area contributed by atoms with Crippen LogP contribution in [-0.2, 0) is 21.2 Å². The van der Waals surface area contributed by atoms with Gasteiger partial charge in [-0.25, -0.2) is 30.9 Å². The van der Waals surface area contributed by atoms with E-state index in [1.54, 1.807) is 12.1 Å². The molecule has 2 aromatic carbocycles. The first-order valence-corrected chi connectivity index (χ1v) is 15.9. The fourth-order valence-electron chi connectivity index (χ4n) is 5.08. The minimum absolute atomic E-state index is 0.00633. The summed E-state index contributed by atoms with van der Waals surface area (Å²) in [5.74, 6) is -2.67. The lowest BCUT2D eigenvalue weighted by molar-refractivity contribution is -0.134. The van der Waals surface area contributed by atoms with Gasteiger partial charge >= 0.3 is 6.03 Å². The molecule has 2 amide bonds. The van der Waals surface area contributed by atoms with Crippen molar-refractivity contribution in [2.75, 3.05) is 25.1 Å². The maximum atomic E-state index is 15.3. The first-order valence-electron chi connectivity index (χ1n) is 14.4. The summed E-state index contributed by atoms with van der Waals surface area (Å²) in [5.41, 5.74) is 1.06. The van der Waals surface area contributed by atoms with Gasteiger partial charge in [0.25, 0.3) is 10.0 Å². The smallest absolute Gasteiger partial charge is 0.319 e. The minimum Gasteiger partial charge on any atom is -0.450 e. The zero-order valence-corrected chi connectivity index (χ0v) is 25.9. The summed E-state index contributed by atoms with van der Waals surface area (Å²) in [7, 11) is -4.10. The molecule has 236 valence electrons. The van der Waals surface area contributed by atoms with Gasteiger partial charge in [-0.2, -0.15) is 5.26 Å². The summed E-state index contributed by atoms with van der Waals surface area (Å²) in [5, 5.41) is 14.5. The van der Waals surface area contributed by atoms with Crippen LogP contribution in [0.25, 0.3) is 11.0 Å². The van der Waals surface area contributed by atoms with Crippen molar-refractivity contribution in [1.82, 2.24) is 14.3 Å². The third-order valence-corrected chi connectivity index (χ3v) is 9.75. The van der Waals surface area contributed by atoms with Crippen LogP contribution in [0, 0.1) is 41.2 Å². The highest BCUT2D eigenvalue weighted by Crippen LogP contribution is 2.38. The van der Waals surface area contributed by atoms with Gasteiger partial charge in [0, 0.05) is 48.6 Å². The molecule has 0 unspecified atom stereocenters. The molecule has 2 aromatic heterocycles. The van der Waals surface area contributed by atoms with Gasteiger partial charge in [-0.1, -0.05) is 31.5 Å². The second kappa shape index (κ2) is 12.8. The quantitative estimate of drug-likeness (QED) is 0.185. The van der Waals surface area contributed by atoms with E-state index >= 15 is 8.78 Å². The summed E-state index contributed by atoms with van der Waals surface area (Å²) in [4.78, 5) is 16.8. The molecule has 13 heteroatoms. The molecule has 45 heavy (non-hydrogen) atoms. The summed E-state index contributed by atoms with van der Waals surface area (Å²) < 4.78 is 69.9. The van der Waals surface area contributed by atoms with Gasteiger partial charge in [0.2, 0.25) is 0 Å². The Labute approximate surface area is 260 Å². The number of urea groups is 1. The van der Waals surface area contributed by atoms with Crippen LogP contribution in [0.1, 0.15) is 37.8 Å². The number of nitrogens with one attached hydrogen (secondary N) is 2. The van der Waals surface area contributed by atoms with Crippen molar-refractivity contribution in [3.05, 3.63) is 77.6 Å². The van der Waals surface area contributed by atoms with Crippen LogP contribution in [0.5, 0.6) is 11.5 Å². The summed E-state index contributed by atoms with van der Waals surface area (Å²) in [6.07, 6.45) is 3.59. The molecule has 0 spiro atoms. The monoisotopic (exact) mass is 637 g/mol. The molecule has 1 saturated heterocycles. The van der Waals surface area contributed by atoms with Gasteiger partial charge in [0.1, 0.15) is 5.75 Å². The Hall–Kier alpha value is -4.54. The van der Waals surface area contributed by atoms with Crippen molar-refractivity contribution in [3.8, 4) is 17.6 Å². The summed E-state index contributed by atoms with van der Waals surface area (Å²) >= 11 is 0. The van der Waals surface area contributed by atoms with Gasteiger partial charge < -0.3 is 20.1 Å². The number of unbranched alkanes of at least 4 members (excludes halogenated alkanes) is 1. The number of anilines is 1. The number of halogens is 2. The lowest BCUT2D eigenvalue weighted by atomic mass is 9.75. The van der Waals surface area contributed by atoms with Crippen LogP contribution in [0.3, 0.4) is 0 Å². The Balaban J connectivity index is 1.44. The second-order valence-electron chi connectivity index (χ2n) is 11.5. The van der Waals surface area contributed by atoms with Crippen molar-refractivity contribution < 1.29 is 31.5 Å². The normalized spacial score (nSPS) is 14.2. The second-order valence-corrected chi connectivity index (χ2v) is 13.3. The van der Waals surface area contributed by atoms with Gasteiger partial charge in [-0.3, -0.25) is 0 Å². The van der Waals surface area contributed by atoms with E-state index < -0.39 is 33.4 Å². The molecule has 2 N–H and O–H groups in total. The van der Waals surface area contributed by atoms with Crippen molar-refractivity contribution in [3.63, 3.8) is 0 Å². The number of benzene rings is 2. The number of ether oxygens (including phenoxy) is 2. The third-order valence-electron chi connectivity index (χ3n) is 8.08. The molecule has 10 nitrogen and oxygen atoms in total. The van der Waals surface area contributed by atoms with Crippen molar-refractivity contribution >= 4 is 32.8 Å². The average Bonchev–Trinajstić information content (AvgIpc) is 3.35. The predicted octanol–water partition coefficient (Wildman–Crippen LogP) is 6.29. The van der Waals surface area contributed by atoms with Crippen LogP contribution < -0.4 is 15.4 Å². The van der Waals surface area contributed by atoms with E-state index in [2.05, 4.69) is 21.7 Å². The zero-order chi connectivity index (χ0) is 32.4. The van der Waals surface area contributed by atoms with Crippen LogP contribution in [0.4, 0.5) is 19.3 Å². The molecule has 1 aliphatic rings. The van der Waals surface area contributed by atoms with Crippen molar-refractivity contribution in [2.45, 2.75) is 44.9 Å². The molecule has 0 atom stereocenters. The number of carbonyl (C=O) groups excluding carboxylic acids is 1. The lowest BCUT2D eigenvalue weighted by Crippen LogP contribution is -2.54. The number of nitriles is 1. The highest BCUT2D eigenvalue weighted by atomic mass is 32.2. The summed E-state index contributed by atoms with van der Waals surface area (Å²) in [6.45, 7) is 7.29. The van der Waals surface area contributed by atoms with Crippen LogP contribution >= 0.6 is 0 Å². The largest absolute Gasteiger partial charge is 0.450 e. The standard InChI is InChI=1S/C32H33F2N5O5S/c1-20(2)32(18-43-19-32)17-37-31(40)38-23-14-25(33)29(26(34)15-23)44-27-11-13-36-30-28(27)22(6-4-5-12-35)16-39(30)45(41,42)24-9-7-21(3)8-10-24/h7-11,13-16,20H,4-6,17-19H2,1-3H3,(H2,37,38,40). The number of rotatable bonds is 11. The number of fused-ring (bicyclic) bond motifs is 1. The van der Waals surface area contributed by atoms with Gasteiger partial charge in [0.15, 0.2) is 23.0 Å². The molecular weight excluding hydrogens is 604 g/mol. The first-order chi connectivity index (χ1) is 21.4. The van der Waals surface area contributed by atoms with Gasteiger partial charge in [-0.05, 0) is 49.4 Å². The number of pyridine rings is 1. The van der Waals surface area contributed by atoms with Crippen LogP contribution in [0.15, 0.2) is 59.8 Å². The molecule has 5 rings (SSSR count). The van der Waals surface area contributed by atoms with Crippen LogP contribution in [0.2, 0.25) is 0 Å². The highest BCUT2D eigenvalue weighted by Gasteiger charge is 2.41. The topological polar surface area (TPSA) is 135 Å². The Morgan fingerprint density at radius 1 is 1.18 bits per heavy atom. The zero-order valence-electron chi connectivity index (χ0n) is 25.1. The molecule has 3 heterocycles. The van der Waals surface area contributed by atoms with E-state index in [1.165, 1.54) is 30.6 Å². The number of hydrogen-bond donors (Lipinski definition) is 2. The molecule has 0 bridgehead atoms. The molecular formula is C32H33F2N5O5S. The van der Waals surface area contributed by atoms with E-state index in [0.717, 1.165) is 21.7 Å². The van der Waals surface area contributed by atoms with E-state index in [-0.39, 0.29) is 51.5 Å². The third kappa shape index (κ3) is 6.48. The predicted molar refractivity (Wildman–Crippen MR) is 164 cm³/mol. The van der Waals surface area contributed by atoms with E-state index in [0.29, 0.717) is 31.7 Å². The van der Waals surface area contributed by atoms with Crippen LogP contribution in [-0.4, -0.2) is 43.2 Å². The lowest BCUT2D eigenvalue weighted by Gasteiger charge is -2.44. The van der Waals surface area contributed by atoms with Crippen molar-refractivity contribution in [1.29, 1.82) is 5.26 Å². The Bertz CT molecular complexity index is 1860. The fourth-order valence-corrected chi connectivity index (χ4v) is 6.42. The van der Waals surface area contributed by atoms with Gasteiger partial charge in [-0.15, -0.1) is 0 Å². The average molecular weight is 638 g/mol. The van der Waals surface area contributed by atoms with Gasteiger partial charge in [0.05, 0.1) is 29.6 Å². The molecule has 1 aliphatic heterocycles. The Kier molecular flexibility index (Phi) is 9.08. The molecule has 4 aromatic rings. The SMILES string of the molecule is Cc1ccc(S(=O)(=O)n2cc(CCCC#N)c3c(Oc4c(F)cc(NC(=O)NCC5(C(C)C)COC5)cc4F)ccnc32)cc1. The number of aromatic nitrogens is 2. The number of aryl methyl sites for hydroxylation is 2.